The van der Waals surface area contributed by atoms with Crippen molar-refractivity contribution >= 4 is 35.2 Å². The van der Waals surface area contributed by atoms with Crippen molar-refractivity contribution in [1.29, 1.82) is 5.26 Å². The number of ether oxygens (including phenoxy) is 1. The molecule has 0 atom stereocenters. The fraction of sp³-hybridized carbons (Fsp3) is 0.200. The summed E-state index contributed by atoms with van der Waals surface area (Å²) >= 11 is 11.9. The first-order valence-corrected chi connectivity index (χ1v) is 8.74. The second kappa shape index (κ2) is 9.28. The summed E-state index contributed by atoms with van der Waals surface area (Å²) in [5.74, 6) is 0.279. The Morgan fingerprint density at radius 1 is 1.19 bits per heavy atom. The average molecular weight is 389 g/mol. The molecule has 6 heteroatoms. The molecule has 2 rings (SSSR count). The maximum atomic E-state index is 11.9. The van der Waals surface area contributed by atoms with E-state index < -0.39 is 0 Å². The van der Waals surface area contributed by atoms with Crippen molar-refractivity contribution in [3.05, 3.63) is 69.2 Å². The molecule has 0 saturated heterocycles. The van der Waals surface area contributed by atoms with Crippen LogP contribution in [0.5, 0.6) is 5.75 Å². The molecule has 26 heavy (non-hydrogen) atoms. The molecule has 0 bridgehead atoms. The molecule has 0 aliphatic rings. The molecule has 0 fully saturated rings. The lowest BCUT2D eigenvalue weighted by molar-refractivity contribution is -0.117. The number of nitriles is 1. The molecule has 0 spiro atoms. The van der Waals surface area contributed by atoms with Gasteiger partial charge >= 0.3 is 0 Å². The van der Waals surface area contributed by atoms with Gasteiger partial charge in [0.2, 0.25) is 0 Å². The molecular formula is C20H18Cl2N2O2. The third-order valence-corrected chi connectivity index (χ3v) is 4.10. The lowest BCUT2D eigenvalue weighted by Crippen LogP contribution is -2.30. The Hall–Kier alpha value is -2.48. The summed E-state index contributed by atoms with van der Waals surface area (Å²) < 4.78 is 5.71. The van der Waals surface area contributed by atoms with Crippen LogP contribution in [0.4, 0.5) is 0 Å². The largest absolute Gasteiger partial charge is 0.489 e. The van der Waals surface area contributed by atoms with Gasteiger partial charge in [0.1, 0.15) is 24.0 Å². The minimum absolute atomic E-state index is 0.0311. The molecule has 0 aliphatic carbocycles. The highest BCUT2D eigenvalue weighted by molar-refractivity contribution is 6.42. The minimum atomic E-state index is -0.387. The van der Waals surface area contributed by atoms with E-state index in [0.29, 0.717) is 22.4 Å². The van der Waals surface area contributed by atoms with Gasteiger partial charge in [0.05, 0.1) is 10.0 Å². The Morgan fingerprint density at radius 3 is 2.46 bits per heavy atom. The molecule has 0 radical (unpaired) electrons. The Labute approximate surface area is 163 Å². The topological polar surface area (TPSA) is 62.1 Å². The van der Waals surface area contributed by atoms with E-state index in [1.54, 1.807) is 42.5 Å². The first kappa shape index (κ1) is 19.8. The van der Waals surface area contributed by atoms with Crippen molar-refractivity contribution in [3.8, 4) is 11.8 Å². The van der Waals surface area contributed by atoms with E-state index in [1.807, 2.05) is 26.0 Å². The average Bonchev–Trinajstić information content (AvgIpc) is 2.61. The minimum Gasteiger partial charge on any atom is -0.489 e. The van der Waals surface area contributed by atoms with Gasteiger partial charge in [-0.05, 0) is 55.3 Å². The Kier molecular flexibility index (Phi) is 7.08. The zero-order valence-corrected chi connectivity index (χ0v) is 15.9. The molecule has 134 valence electrons. The number of amides is 1. The smallest absolute Gasteiger partial charge is 0.262 e. The highest BCUT2D eigenvalue weighted by atomic mass is 35.5. The predicted octanol–water partition coefficient (Wildman–Crippen LogP) is 5.00. The molecular weight excluding hydrogens is 371 g/mol. The van der Waals surface area contributed by atoms with Crippen LogP contribution in [0, 0.1) is 11.3 Å². The van der Waals surface area contributed by atoms with Gasteiger partial charge < -0.3 is 10.1 Å². The fourth-order valence-electron chi connectivity index (χ4n) is 2.11. The molecule has 2 aromatic carbocycles. The second-order valence-corrected chi connectivity index (χ2v) is 6.72. The zero-order valence-electron chi connectivity index (χ0n) is 14.4. The van der Waals surface area contributed by atoms with Crippen LogP contribution in [0.15, 0.2) is 48.0 Å². The van der Waals surface area contributed by atoms with Crippen molar-refractivity contribution in [3.63, 3.8) is 0 Å². The number of nitrogens with zero attached hydrogens (tertiary/aromatic N) is 1. The maximum absolute atomic E-state index is 11.9. The Morgan fingerprint density at radius 2 is 1.88 bits per heavy atom. The summed E-state index contributed by atoms with van der Waals surface area (Å²) in [7, 11) is 0. The number of halogens is 2. The standard InChI is InChI=1S/C20H18Cl2N2O2/c1-13(2)24-20(25)16(11-23)9-14-3-6-17(7-4-14)26-12-15-5-8-18(21)19(22)10-15/h3-10,13H,12H2,1-2H3,(H,24,25). The molecule has 1 N–H and O–H groups in total. The monoisotopic (exact) mass is 388 g/mol. The van der Waals surface area contributed by atoms with Crippen LogP contribution >= 0.6 is 23.2 Å². The first-order valence-electron chi connectivity index (χ1n) is 7.98. The number of benzene rings is 2. The van der Waals surface area contributed by atoms with Gasteiger partial charge in [-0.25, -0.2) is 0 Å². The van der Waals surface area contributed by atoms with Crippen LogP contribution in [-0.2, 0) is 11.4 Å². The van der Waals surface area contributed by atoms with Gasteiger partial charge in [-0.2, -0.15) is 5.26 Å². The van der Waals surface area contributed by atoms with Crippen LogP contribution in [-0.4, -0.2) is 11.9 Å². The number of rotatable bonds is 6. The number of carbonyl (C=O) groups excluding carboxylic acids is 1. The van der Waals surface area contributed by atoms with Gasteiger partial charge in [-0.3, -0.25) is 4.79 Å². The lowest BCUT2D eigenvalue weighted by Gasteiger charge is -2.08. The molecule has 0 aromatic heterocycles. The normalized spacial score (nSPS) is 11.2. The van der Waals surface area contributed by atoms with Gasteiger partial charge in [0.15, 0.2) is 0 Å². The molecule has 4 nitrogen and oxygen atoms in total. The summed E-state index contributed by atoms with van der Waals surface area (Å²) in [6.45, 7) is 4.03. The van der Waals surface area contributed by atoms with E-state index in [-0.39, 0.29) is 17.5 Å². The first-order chi connectivity index (χ1) is 12.4. The van der Waals surface area contributed by atoms with Gasteiger partial charge in [-0.15, -0.1) is 0 Å². The van der Waals surface area contributed by atoms with Crippen LogP contribution in [0.3, 0.4) is 0 Å². The molecule has 0 aliphatic heterocycles. The SMILES string of the molecule is CC(C)NC(=O)C(C#N)=Cc1ccc(OCc2ccc(Cl)c(Cl)c2)cc1. The van der Waals surface area contributed by atoms with Gasteiger partial charge in [-0.1, -0.05) is 41.4 Å². The van der Waals surface area contributed by atoms with Crippen molar-refractivity contribution < 1.29 is 9.53 Å². The molecule has 0 saturated carbocycles. The summed E-state index contributed by atoms with van der Waals surface area (Å²) in [6, 6.07) is 14.3. The molecule has 0 unspecified atom stereocenters. The zero-order chi connectivity index (χ0) is 19.1. The van der Waals surface area contributed by atoms with Gasteiger partial charge in [0, 0.05) is 6.04 Å². The predicted molar refractivity (Wildman–Crippen MR) is 104 cm³/mol. The quantitative estimate of drug-likeness (QED) is 0.558. The number of hydrogen-bond acceptors (Lipinski definition) is 3. The summed E-state index contributed by atoms with van der Waals surface area (Å²) in [5, 5.41) is 12.8. The van der Waals surface area contributed by atoms with Crippen LogP contribution in [0.1, 0.15) is 25.0 Å². The van der Waals surface area contributed by atoms with Gasteiger partial charge in [0.25, 0.3) is 5.91 Å². The lowest BCUT2D eigenvalue weighted by atomic mass is 10.1. The highest BCUT2D eigenvalue weighted by Crippen LogP contribution is 2.23. The van der Waals surface area contributed by atoms with E-state index in [4.69, 9.17) is 33.2 Å². The molecule has 2 aromatic rings. The van der Waals surface area contributed by atoms with Crippen molar-refractivity contribution in [2.75, 3.05) is 0 Å². The van der Waals surface area contributed by atoms with E-state index in [2.05, 4.69) is 5.32 Å². The molecule has 1 amide bonds. The van der Waals surface area contributed by atoms with E-state index in [0.717, 1.165) is 11.1 Å². The van der Waals surface area contributed by atoms with E-state index in [9.17, 15) is 4.79 Å². The Balaban J connectivity index is 2.03. The number of hydrogen-bond donors (Lipinski definition) is 1. The van der Waals surface area contributed by atoms with Crippen LogP contribution in [0.2, 0.25) is 10.0 Å². The molecule has 0 heterocycles. The number of carbonyl (C=O) groups is 1. The maximum Gasteiger partial charge on any atom is 0.262 e. The summed E-state index contributed by atoms with van der Waals surface area (Å²) in [5.41, 5.74) is 1.70. The number of nitrogens with one attached hydrogen (secondary N) is 1. The van der Waals surface area contributed by atoms with E-state index in [1.165, 1.54) is 0 Å². The van der Waals surface area contributed by atoms with E-state index >= 15 is 0 Å². The highest BCUT2D eigenvalue weighted by Gasteiger charge is 2.10. The second-order valence-electron chi connectivity index (χ2n) is 5.90. The Bertz CT molecular complexity index is 853. The van der Waals surface area contributed by atoms with Crippen LogP contribution < -0.4 is 10.1 Å². The van der Waals surface area contributed by atoms with Crippen molar-refractivity contribution in [2.24, 2.45) is 0 Å². The van der Waals surface area contributed by atoms with Crippen molar-refractivity contribution in [1.82, 2.24) is 5.32 Å². The summed E-state index contributed by atoms with van der Waals surface area (Å²) in [4.78, 5) is 11.9. The summed E-state index contributed by atoms with van der Waals surface area (Å²) in [6.07, 6.45) is 1.54. The van der Waals surface area contributed by atoms with Crippen molar-refractivity contribution in [2.45, 2.75) is 26.5 Å². The van der Waals surface area contributed by atoms with Crippen LogP contribution in [0.25, 0.3) is 6.08 Å². The third kappa shape index (κ3) is 5.80. The third-order valence-electron chi connectivity index (χ3n) is 3.37. The fourth-order valence-corrected chi connectivity index (χ4v) is 2.43.